The SMILES string of the molecule is CCCCCCCCCCCCCCCCCC(=O)NC(CC)C(=O)ON1C(=O)CCC1=O. The van der Waals surface area contributed by atoms with Crippen molar-refractivity contribution in [1.29, 1.82) is 0 Å². The summed E-state index contributed by atoms with van der Waals surface area (Å²) in [5, 5.41) is 3.18. The molecule has 7 heteroatoms. The molecule has 0 spiro atoms. The second-order valence-electron chi connectivity index (χ2n) is 9.22. The van der Waals surface area contributed by atoms with E-state index in [2.05, 4.69) is 12.2 Å². The van der Waals surface area contributed by atoms with Crippen LogP contribution >= 0.6 is 0 Å². The fourth-order valence-corrected chi connectivity index (χ4v) is 4.06. The van der Waals surface area contributed by atoms with Crippen LogP contribution in [0.3, 0.4) is 0 Å². The lowest BCUT2D eigenvalue weighted by Gasteiger charge is -2.19. The number of amides is 3. The van der Waals surface area contributed by atoms with Gasteiger partial charge in [-0.25, -0.2) is 4.79 Å². The van der Waals surface area contributed by atoms with E-state index >= 15 is 0 Å². The predicted octanol–water partition coefficient (Wildman–Crippen LogP) is 5.75. The van der Waals surface area contributed by atoms with Crippen LogP contribution in [0.4, 0.5) is 0 Å². The average molecular weight is 467 g/mol. The van der Waals surface area contributed by atoms with Gasteiger partial charge in [-0.05, 0) is 12.8 Å². The molecule has 1 rings (SSSR count). The lowest BCUT2D eigenvalue weighted by Crippen LogP contribution is -2.45. The van der Waals surface area contributed by atoms with E-state index in [1.807, 2.05) is 0 Å². The summed E-state index contributed by atoms with van der Waals surface area (Å²) in [7, 11) is 0. The van der Waals surface area contributed by atoms with Gasteiger partial charge in [0.15, 0.2) is 0 Å². The average Bonchev–Trinajstić information content (AvgIpc) is 3.11. The molecule has 0 aromatic carbocycles. The largest absolute Gasteiger partial charge is 0.355 e. The van der Waals surface area contributed by atoms with Crippen molar-refractivity contribution in [2.75, 3.05) is 0 Å². The van der Waals surface area contributed by atoms with Crippen LogP contribution in [0.5, 0.6) is 0 Å². The van der Waals surface area contributed by atoms with Gasteiger partial charge >= 0.3 is 5.97 Å². The summed E-state index contributed by atoms with van der Waals surface area (Å²) in [6.07, 6.45) is 19.8. The Kier molecular flexibility index (Phi) is 16.3. The first-order chi connectivity index (χ1) is 16.0. The highest BCUT2D eigenvalue weighted by molar-refractivity contribution is 6.01. The standard InChI is InChI=1S/C26H46N2O5/c1-3-5-6-7-8-9-10-11-12-13-14-15-16-17-18-19-23(29)27-22(4-2)26(32)33-28-24(30)20-21-25(28)31/h22H,3-21H2,1-2H3,(H,27,29). The lowest BCUT2D eigenvalue weighted by atomic mass is 10.0. The number of imide groups is 1. The first kappa shape index (κ1) is 29.1. The summed E-state index contributed by atoms with van der Waals surface area (Å²) in [5.74, 6) is -2.02. The van der Waals surface area contributed by atoms with Gasteiger partial charge in [0.05, 0.1) is 0 Å². The third-order valence-electron chi connectivity index (χ3n) is 6.22. The first-order valence-corrected chi connectivity index (χ1v) is 13.4. The Balaban J connectivity index is 1.98. The van der Waals surface area contributed by atoms with Gasteiger partial charge < -0.3 is 10.2 Å². The molecule has 1 aliphatic rings. The summed E-state index contributed by atoms with van der Waals surface area (Å²) < 4.78 is 0. The molecule has 0 aromatic rings. The number of rotatable bonds is 20. The van der Waals surface area contributed by atoms with Crippen LogP contribution in [0.15, 0.2) is 0 Å². The topological polar surface area (TPSA) is 92.8 Å². The van der Waals surface area contributed by atoms with Crippen LogP contribution in [-0.2, 0) is 24.0 Å². The molecule has 0 aliphatic carbocycles. The highest BCUT2D eigenvalue weighted by Gasteiger charge is 2.34. The van der Waals surface area contributed by atoms with Crippen molar-refractivity contribution >= 4 is 23.7 Å². The second kappa shape index (κ2) is 18.5. The van der Waals surface area contributed by atoms with Gasteiger partial charge in [-0.15, -0.1) is 5.06 Å². The molecule has 0 saturated carbocycles. The minimum atomic E-state index is -0.852. The minimum Gasteiger partial charge on any atom is -0.343 e. The zero-order chi connectivity index (χ0) is 24.3. The Bertz CT molecular complexity index is 577. The van der Waals surface area contributed by atoms with Crippen molar-refractivity contribution in [3.63, 3.8) is 0 Å². The minimum absolute atomic E-state index is 0.0501. The molecule has 190 valence electrons. The summed E-state index contributed by atoms with van der Waals surface area (Å²) in [5.41, 5.74) is 0. The van der Waals surface area contributed by atoms with Crippen molar-refractivity contribution in [2.45, 2.75) is 142 Å². The Morgan fingerprint density at radius 1 is 0.758 bits per heavy atom. The third kappa shape index (κ3) is 13.4. The fraction of sp³-hybridized carbons (Fsp3) is 0.846. The Morgan fingerprint density at radius 2 is 1.18 bits per heavy atom. The van der Waals surface area contributed by atoms with E-state index in [4.69, 9.17) is 4.84 Å². The van der Waals surface area contributed by atoms with Crippen LogP contribution < -0.4 is 5.32 Å². The van der Waals surface area contributed by atoms with E-state index in [1.165, 1.54) is 77.0 Å². The normalized spacial score (nSPS) is 14.5. The number of hydrogen-bond acceptors (Lipinski definition) is 5. The molecule has 33 heavy (non-hydrogen) atoms. The van der Waals surface area contributed by atoms with E-state index < -0.39 is 23.8 Å². The van der Waals surface area contributed by atoms with E-state index in [-0.39, 0.29) is 18.7 Å². The lowest BCUT2D eigenvalue weighted by molar-refractivity contribution is -0.199. The number of carbonyl (C=O) groups excluding carboxylic acids is 4. The molecule has 1 heterocycles. The zero-order valence-electron chi connectivity index (χ0n) is 21.0. The van der Waals surface area contributed by atoms with Gasteiger partial charge in [0.1, 0.15) is 6.04 Å². The van der Waals surface area contributed by atoms with Gasteiger partial charge in [-0.2, -0.15) is 0 Å². The monoisotopic (exact) mass is 466 g/mol. The van der Waals surface area contributed by atoms with Crippen molar-refractivity contribution in [1.82, 2.24) is 10.4 Å². The van der Waals surface area contributed by atoms with E-state index in [9.17, 15) is 19.2 Å². The smallest absolute Gasteiger partial charge is 0.343 e. The van der Waals surface area contributed by atoms with Gasteiger partial charge in [-0.3, -0.25) is 14.4 Å². The summed E-state index contributed by atoms with van der Waals surface area (Å²) in [6, 6.07) is -0.852. The van der Waals surface area contributed by atoms with Crippen LogP contribution in [0, 0.1) is 0 Å². The summed E-state index contributed by atoms with van der Waals surface area (Å²) in [6.45, 7) is 4.00. The highest BCUT2D eigenvalue weighted by Crippen LogP contribution is 2.15. The fourth-order valence-electron chi connectivity index (χ4n) is 4.06. The van der Waals surface area contributed by atoms with Crippen LogP contribution in [0.2, 0.25) is 0 Å². The molecule has 1 unspecified atom stereocenters. The van der Waals surface area contributed by atoms with Gasteiger partial charge in [0.2, 0.25) is 5.91 Å². The molecule has 1 fully saturated rings. The van der Waals surface area contributed by atoms with E-state index in [1.54, 1.807) is 6.92 Å². The van der Waals surface area contributed by atoms with Crippen molar-refractivity contribution in [2.24, 2.45) is 0 Å². The number of nitrogens with zero attached hydrogens (tertiary/aromatic N) is 1. The molecular weight excluding hydrogens is 420 g/mol. The Morgan fingerprint density at radius 3 is 1.61 bits per heavy atom. The third-order valence-corrected chi connectivity index (χ3v) is 6.22. The first-order valence-electron chi connectivity index (χ1n) is 13.4. The molecule has 1 saturated heterocycles. The van der Waals surface area contributed by atoms with E-state index in [0.717, 1.165) is 19.3 Å². The molecule has 1 atom stereocenters. The van der Waals surface area contributed by atoms with Crippen LogP contribution in [0.25, 0.3) is 0 Å². The number of hydrogen-bond donors (Lipinski definition) is 1. The maximum Gasteiger partial charge on any atom is 0.355 e. The van der Waals surface area contributed by atoms with Crippen LogP contribution in [-0.4, -0.2) is 34.8 Å². The van der Waals surface area contributed by atoms with E-state index in [0.29, 0.717) is 17.9 Å². The van der Waals surface area contributed by atoms with Crippen molar-refractivity contribution < 1.29 is 24.0 Å². The number of hydroxylamine groups is 2. The molecule has 3 amide bonds. The number of nitrogens with one attached hydrogen (secondary N) is 1. The van der Waals surface area contributed by atoms with Gasteiger partial charge in [-0.1, -0.05) is 104 Å². The molecule has 7 nitrogen and oxygen atoms in total. The van der Waals surface area contributed by atoms with Crippen molar-refractivity contribution in [3.05, 3.63) is 0 Å². The zero-order valence-corrected chi connectivity index (χ0v) is 21.0. The highest BCUT2D eigenvalue weighted by atomic mass is 16.7. The van der Waals surface area contributed by atoms with Gasteiger partial charge in [0, 0.05) is 19.3 Å². The molecule has 1 aliphatic heterocycles. The molecule has 1 N–H and O–H groups in total. The number of unbranched alkanes of at least 4 members (excludes halogenated alkanes) is 14. The molecule has 0 bridgehead atoms. The maximum absolute atomic E-state index is 12.2. The summed E-state index contributed by atoms with van der Waals surface area (Å²) in [4.78, 5) is 52.4. The van der Waals surface area contributed by atoms with Gasteiger partial charge in [0.25, 0.3) is 11.8 Å². The molecular formula is C26H46N2O5. The maximum atomic E-state index is 12.2. The summed E-state index contributed by atoms with van der Waals surface area (Å²) >= 11 is 0. The Hall–Kier alpha value is -1.92. The van der Waals surface area contributed by atoms with Crippen molar-refractivity contribution in [3.8, 4) is 0 Å². The number of carbonyl (C=O) groups is 4. The van der Waals surface area contributed by atoms with Crippen LogP contribution in [0.1, 0.15) is 136 Å². The molecule has 0 aromatic heterocycles. The Labute approximate surface area is 200 Å². The molecule has 0 radical (unpaired) electrons. The predicted molar refractivity (Wildman–Crippen MR) is 129 cm³/mol. The second-order valence-corrected chi connectivity index (χ2v) is 9.22. The quantitative estimate of drug-likeness (QED) is 0.182.